The van der Waals surface area contributed by atoms with Gasteiger partial charge in [0.25, 0.3) is 0 Å². The van der Waals surface area contributed by atoms with E-state index in [0.29, 0.717) is 33.2 Å². The highest BCUT2D eigenvalue weighted by atomic mass is 35.5. The van der Waals surface area contributed by atoms with Gasteiger partial charge in [0.15, 0.2) is 0 Å². The highest BCUT2D eigenvalue weighted by Crippen LogP contribution is 2.62. The van der Waals surface area contributed by atoms with Crippen LogP contribution >= 0.6 is 11.6 Å². The van der Waals surface area contributed by atoms with Crippen molar-refractivity contribution in [1.82, 2.24) is 25.0 Å². The third kappa shape index (κ3) is 4.81. The highest BCUT2D eigenvalue weighted by Gasteiger charge is 2.59. The summed E-state index contributed by atoms with van der Waals surface area (Å²) in [5, 5.41) is 26.3. The van der Waals surface area contributed by atoms with Crippen LogP contribution in [-0.2, 0) is 5.54 Å². The second kappa shape index (κ2) is 10.3. The third-order valence-electron chi connectivity index (χ3n) is 9.19. The normalized spacial score (nSPS) is 19.9. The summed E-state index contributed by atoms with van der Waals surface area (Å²) in [5.74, 6) is 0.266. The zero-order valence-corrected chi connectivity index (χ0v) is 25.0. The Morgan fingerprint density at radius 1 is 1.11 bits per heavy atom. The number of pyridine rings is 2. The number of anilines is 2. The minimum absolute atomic E-state index is 0.0106. The smallest absolute Gasteiger partial charge is 0.382 e. The second-order valence-corrected chi connectivity index (χ2v) is 13.1. The number of nitriles is 1. The van der Waals surface area contributed by atoms with Crippen LogP contribution in [0, 0.1) is 28.5 Å². The van der Waals surface area contributed by atoms with Crippen molar-refractivity contribution in [3.8, 4) is 6.07 Å². The number of aromatic nitrogens is 5. The standard InChI is InChI=1S/C32H27ClF4N8/c1-30(2,32(35,36)37)16-41-26-18(13-38)14-40-27-22(26)8-19(9-23(27)33)42-29(21-5-6-24(34)28-20(21)4-3-7-39-28)25-15-45(44-43-25)31-10-17(11-31)12-31/h3-9,14-15,17,29,42H,10-12,16H2,1-2H3,(H,40,41). The van der Waals surface area contributed by atoms with Gasteiger partial charge in [-0.3, -0.25) is 9.97 Å². The molecule has 3 aliphatic carbocycles. The molecule has 13 heteroatoms. The van der Waals surface area contributed by atoms with Gasteiger partial charge in [-0.05, 0) is 68.9 Å². The van der Waals surface area contributed by atoms with Crippen LogP contribution in [-0.4, -0.2) is 37.7 Å². The molecule has 0 aliphatic heterocycles. The Hall–Kier alpha value is -4.50. The van der Waals surface area contributed by atoms with E-state index in [1.807, 2.05) is 16.9 Å². The van der Waals surface area contributed by atoms with E-state index in [1.165, 1.54) is 18.5 Å². The lowest BCUT2D eigenvalue weighted by Crippen LogP contribution is -2.59. The van der Waals surface area contributed by atoms with Crippen molar-refractivity contribution >= 4 is 44.8 Å². The Morgan fingerprint density at radius 3 is 2.58 bits per heavy atom. The Kier molecular flexibility index (Phi) is 6.67. The average Bonchev–Trinajstić information content (AvgIpc) is 3.42. The lowest BCUT2D eigenvalue weighted by Gasteiger charge is -2.61. The van der Waals surface area contributed by atoms with Crippen molar-refractivity contribution in [2.75, 3.05) is 17.2 Å². The molecule has 1 atom stereocenters. The molecule has 3 aromatic heterocycles. The predicted molar refractivity (Wildman–Crippen MR) is 162 cm³/mol. The van der Waals surface area contributed by atoms with Crippen molar-refractivity contribution in [1.29, 1.82) is 5.26 Å². The van der Waals surface area contributed by atoms with Gasteiger partial charge in [-0.15, -0.1) is 5.10 Å². The van der Waals surface area contributed by atoms with Crippen LogP contribution in [0.25, 0.3) is 21.8 Å². The molecule has 0 spiro atoms. The summed E-state index contributed by atoms with van der Waals surface area (Å²) in [6.07, 6.45) is 3.42. The van der Waals surface area contributed by atoms with Crippen molar-refractivity contribution in [2.24, 2.45) is 11.3 Å². The number of rotatable bonds is 8. The van der Waals surface area contributed by atoms with Gasteiger partial charge in [0.1, 0.15) is 23.1 Å². The zero-order valence-electron chi connectivity index (χ0n) is 24.3. The molecule has 0 amide bonds. The first-order valence-corrected chi connectivity index (χ1v) is 14.8. The first-order valence-electron chi connectivity index (χ1n) is 14.4. The van der Waals surface area contributed by atoms with Gasteiger partial charge in [-0.25, -0.2) is 9.07 Å². The highest BCUT2D eigenvalue weighted by molar-refractivity contribution is 6.35. The Bertz CT molecular complexity index is 2000. The van der Waals surface area contributed by atoms with Crippen LogP contribution in [0.5, 0.6) is 0 Å². The van der Waals surface area contributed by atoms with Crippen molar-refractivity contribution in [3.63, 3.8) is 0 Å². The molecule has 230 valence electrons. The molecule has 2 aromatic carbocycles. The lowest BCUT2D eigenvalue weighted by molar-refractivity contribution is -0.206. The molecule has 3 fully saturated rings. The van der Waals surface area contributed by atoms with Gasteiger partial charge >= 0.3 is 6.18 Å². The first-order chi connectivity index (χ1) is 21.4. The molecule has 8 rings (SSSR count). The molecule has 8 nitrogen and oxygen atoms in total. The maximum Gasteiger partial charge on any atom is 0.395 e. The molecule has 2 bridgehead atoms. The predicted octanol–water partition coefficient (Wildman–Crippen LogP) is 7.75. The van der Waals surface area contributed by atoms with E-state index >= 15 is 0 Å². The minimum Gasteiger partial charge on any atom is -0.382 e. The number of nitrogens with zero attached hydrogens (tertiary/aromatic N) is 6. The van der Waals surface area contributed by atoms with Crippen LogP contribution in [0.1, 0.15) is 56.0 Å². The molecular weight excluding hydrogens is 608 g/mol. The number of alkyl halides is 3. The summed E-state index contributed by atoms with van der Waals surface area (Å²) in [4.78, 5) is 8.57. The van der Waals surface area contributed by atoms with Crippen LogP contribution in [0.15, 0.2) is 55.0 Å². The third-order valence-corrected chi connectivity index (χ3v) is 9.48. The zero-order chi connectivity index (χ0) is 31.7. The van der Waals surface area contributed by atoms with E-state index in [9.17, 15) is 22.8 Å². The largest absolute Gasteiger partial charge is 0.395 e. The molecule has 0 saturated heterocycles. The van der Waals surface area contributed by atoms with Gasteiger partial charge in [-0.2, -0.15) is 18.4 Å². The van der Waals surface area contributed by atoms with Crippen molar-refractivity contribution in [2.45, 2.75) is 50.9 Å². The maximum atomic E-state index is 14.8. The average molecular weight is 635 g/mol. The van der Waals surface area contributed by atoms with E-state index in [-0.39, 0.29) is 27.3 Å². The Morgan fingerprint density at radius 2 is 1.89 bits per heavy atom. The molecule has 0 radical (unpaired) electrons. The van der Waals surface area contributed by atoms with E-state index < -0.39 is 30.0 Å². The van der Waals surface area contributed by atoms with Gasteiger partial charge in [-0.1, -0.05) is 28.9 Å². The molecule has 3 aliphatic rings. The van der Waals surface area contributed by atoms with Gasteiger partial charge in [0.2, 0.25) is 0 Å². The fourth-order valence-electron chi connectivity index (χ4n) is 6.27. The van der Waals surface area contributed by atoms with E-state index in [0.717, 1.165) is 39.0 Å². The molecule has 45 heavy (non-hydrogen) atoms. The van der Waals surface area contributed by atoms with Gasteiger partial charge in [0, 0.05) is 35.4 Å². The quantitative estimate of drug-likeness (QED) is 0.168. The number of halogens is 5. The van der Waals surface area contributed by atoms with Crippen LogP contribution in [0.4, 0.5) is 28.9 Å². The molecule has 3 saturated carbocycles. The lowest BCUT2D eigenvalue weighted by atomic mass is 9.50. The van der Waals surface area contributed by atoms with E-state index in [1.54, 1.807) is 30.3 Å². The Labute approximate surface area is 260 Å². The molecule has 1 unspecified atom stereocenters. The first kappa shape index (κ1) is 29.2. The summed E-state index contributed by atoms with van der Waals surface area (Å²) < 4.78 is 57.8. The number of hydrogen-bond donors (Lipinski definition) is 2. The SMILES string of the molecule is CC(C)(CNc1c(C#N)cnc2c(Cl)cc(NC(c3cn(C45CC(C4)C5)nn3)c3ccc(F)c4ncccc34)cc12)C(F)(F)F. The molecule has 2 N–H and O–H groups in total. The number of nitrogens with one attached hydrogen (secondary N) is 2. The molecule has 5 aromatic rings. The topological polar surface area (TPSA) is 104 Å². The van der Waals surface area contributed by atoms with E-state index in [4.69, 9.17) is 11.6 Å². The van der Waals surface area contributed by atoms with Crippen LogP contribution < -0.4 is 10.6 Å². The fourth-order valence-corrected chi connectivity index (χ4v) is 6.54. The summed E-state index contributed by atoms with van der Waals surface area (Å²) in [7, 11) is 0. The van der Waals surface area contributed by atoms with Crippen LogP contribution in [0.3, 0.4) is 0 Å². The summed E-state index contributed by atoms with van der Waals surface area (Å²) in [6.45, 7) is 1.69. The number of benzene rings is 2. The van der Waals surface area contributed by atoms with E-state index in [2.05, 4.69) is 30.9 Å². The summed E-state index contributed by atoms with van der Waals surface area (Å²) >= 11 is 6.69. The number of hydrogen-bond acceptors (Lipinski definition) is 7. The van der Waals surface area contributed by atoms with Crippen molar-refractivity contribution < 1.29 is 17.6 Å². The summed E-state index contributed by atoms with van der Waals surface area (Å²) in [5.41, 5.74) is 0.441. The van der Waals surface area contributed by atoms with Crippen LogP contribution in [0.2, 0.25) is 5.02 Å². The van der Waals surface area contributed by atoms with Crippen molar-refractivity contribution in [3.05, 3.63) is 82.6 Å². The van der Waals surface area contributed by atoms with Gasteiger partial charge in [0.05, 0.1) is 45.0 Å². The maximum absolute atomic E-state index is 14.8. The van der Waals surface area contributed by atoms with Gasteiger partial charge < -0.3 is 10.6 Å². The molecule has 3 heterocycles. The monoisotopic (exact) mass is 634 g/mol. The Balaban J connectivity index is 1.33. The minimum atomic E-state index is -4.48. The molecular formula is C32H27ClF4N8. The second-order valence-electron chi connectivity index (χ2n) is 12.7. The number of fused-ring (bicyclic) bond motifs is 2. The fraction of sp³-hybridized carbons (Fsp3) is 0.344. The summed E-state index contributed by atoms with van der Waals surface area (Å²) in [6, 6.07) is 11.2.